The number of carboxylic acid groups (broad SMARTS) is 1. The Kier molecular flexibility index (Phi) is 12.3. The van der Waals surface area contributed by atoms with E-state index in [0.29, 0.717) is 0 Å². The maximum Gasteiger partial charge on any atom is 0.364 e. The zero-order valence-electron chi connectivity index (χ0n) is 22.5. The van der Waals surface area contributed by atoms with Crippen LogP contribution in [0.25, 0.3) is 0 Å². The summed E-state index contributed by atoms with van der Waals surface area (Å²) < 4.78 is 32.1. The zero-order valence-corrected chi connectivity index (χ0v) is 23.4. The highest BCUT2D eigenvalue weighted by atomic mass is 32.1. The lowest BCUT2D eigenvalue weighted by Crippen LogP contribution is -2.70. The summed E-state index contributed by atoms with van der Waals surface area (Å²) in [5.74, 6) is -8.65. The number of carboxylic acids is 1. The van der Waals surface area contributed by atoms with E-state index < -0.39 is 123 Å². The normalized spacial score (nSPS) is 46.2. The Hall–Kier alpha value is -0.820. The molecule has 0 radical (unpaired) electrons. The van der Waals surface area contributed by atoms with Crippen LogP contribution in [0.5, 0.6) is 0 Å². The lowest BCUT2D eigenvalue weighted by atomic mass is 9.84. The number of hydrogen-bond donors (Lipinski definition) is 12. The molecule has 0 bridgehead atoms. The van der Waals surface area contributed by atoms with Gasteiger partial charge in [-0.15, -0.1) is 0 Å². The standard InChI is InChI=1S/C23H40O18S/c1-8-9(26)4-23(21(33)34,40-16(8)12(28)10(27)5-24)41-22(35)7-37-20(15(31)18(22)32)39-17-11(6-25)38-19(36-2-3-42)14(30)13(17)29/h8-20,24-32,35,42H,2-7H2,1H3,(H,33,34). The molecule has 11 N–H and O–H groups in total. The van der Waals surface area contributed by atoms with Gasteiger partial charge in [-0.05, 0) is 0 Å². The number of rotatable bonds is 12. The van der Waals surface area contributed by atoms with Crippen molar-refractivity contribution in [2.45, 2.75) is 98.5 Å². The summed E-state index contributed by atoms with van der Waals surface area (Å²) in [6, 6.07) is 0. The second kappa shape index (κ2) is 14.5. The van der Waals surface area contributed by atoms with Crippen molar-refractivity contribution in [3.8, 4) is 0 Å². The van der Waals surface area contributed by atoms with Gasteiger partial charge in [0.05, 0.1) is 32.0 Å². The first-order valence-electron chi connectivity index (χ1n) is 13.1. The third-order valence-corrected chi connectivity index (χ3v) is 7.70. The average Bonchev–Trinajstić information content (AvgIpc) is 2.96. The number of ether oxygens (including phenoxy) is 6. The highest BCUT2D eigenvalue weighted by Crippen LogP contribution is 2.41. The molecule has 3 aliphatic heterocycles. The van der Waals surface area contributed by atoms with Crippen molar-refractivity contribution >= 4 is 18.6 Å². The minimum Gasteiger partial charge on any atom is -0.477 e. The molecule has 3 heterocycles. The van der Waals surface area contributed by atoms with E-state index in [1.807, 2.05) is 0 Å². The van der Waals surface area contributed by atoms with Crippen LogP contribution < -0.4 is 0 Å². The predicted octanol–water partition coefficient (Wildman–Crippen LogP) is -6.18. The van der Waals surface area contributed by atoms with Crippen LogP contribution in [-0.4, -0.2) is 180 Å². The van der Waals surface area contributed by atoms with Crippen molar-refractivity contribution in [2.75, 3.05) is 32.2 Å². The summed E-state index contributed by atoms with van der Waals surface area (Å²) in [6.45, 7) is -1.37. The Balaban J connectivity index is 1.77. The Bertz CT molecular complexity index is 884. The van der Waals surface area contributed by atoms with Crippen LogP contribution in [-0.2, 0) is 33.2 Å². The van der Waals surface area contributed by atoms with E-state index in [-0.39, 0.29) is 12.4 Å². The molecule has 0 aromatic carbocycles. The lowest BCUT2D eigenvalue weighted by Gasteiger charge is -2.51. The van der Waals surface area contributed by atoms with Crippen molar-refractivity contribution in [3.63, 3.8) is 0 Å². The Labute approximate surface area is 244 Å². The molecule has 3 fully saturated rings. The SMILES string of the molecule is CC1C(O)CC(OC2(O)COC(OC3C(CO)OC(OCCS)C(O)C3O)C(O)C2O)(C(=O)O)OC1C(O)C(O)CO. The fourth-order valence-electron chi connectivity index (χ4n) is 4.99. The van der Waals surface area contributed by atoms with Gasteiger partial charge < -0.3 is 84.6 Å². The number of aliphatic carboxylic acids is 1. The van der Waals surface area contributed by atoms with Gasteiger partial charge in [0, 0.05) is 18.1 Å². The van der Waals surface area contributed by atoms with Gasteiger partial charge in [0.2, 0.25) is 5.79 Å². The molecule has 3 aliphatic rings. The van der Waals surface area contributed by atoms with Crippen LogP contribution in [0.1, 0.15) is 13.3 Å². The van der Waals surface area contributed by atoms with Gasteiger partial charge in [-0.3, -0.25) is 0 Å². The summed E-state index contributed by atoms with van der Waals surface area (Å²) in [5.41, 5.74) is 0. The van der Waals surface area contributed by atoms with E-state index in [9.17, 15) is 61.0 Å². The maximum atomic E-state index is 12.3. The molecule has 0 aliphatic carbocycles. The molecule has 0 amide bonds. The first kappa shape index (κ1) is 35.7. The topological polar surface area (TPSA) is 295 Å². The highest BCUT2D eigenvalue weighted by molar-refractivity contribution is 7.80. The van der Waals surface area contributed by atoms with E-state index in [2.05, 4.69) is 12.6 Å². The molecule has 0 spiro atoms. The summed E-state index contributed by atoms with van der Waals surface area (Å²) in [4.78, 5) is 12.3. The molecule has 0 aromatic rings. The van der Waals surface area contributed by atoms with Gasteiger partial charge in [0.25, 0.3) is 5.79 Å². The van der Waals surface area contributed by atoms with Gasteiger partial charge in [-0.1, -0.05) is 6.92 Å². The molecular formula is C23H40O18S. The van der Waals surface area contributed by atoms with E-state index >= 15 is 0 Å². The van der Waals surface area contributed by atoms with Gasteiger partial charge >= 0.3 is 5.97 Å². The lowest BCUT2D eigenvalue weighted by molar-refractivity contribution is -0.437. The summed E-state index contributed by atoms with van der Waals surface area (Å²) in [6.07, 6.45) is -21.8. The van der Waals surface area contributed by atoms with Crippen LogP contribution >= 0.6 is 12.6 Å². The van der Waals surface area contributed by atoms with Crippen molar-refractivity contribution < 1.29 is 89.4 Å². The second-order valence-electron chi connectivity index (χ2n) is 10.5. The van der Waals surface area contributed by atoms with Gasteiger partial charge in [-0.25, -0.2) is 4.79 Å². The molecule has 15 unspecified atom stereocenters. The van der Waals surface area contributed by atoms with Crippen LogP contribution in [0.2, 0.25) is 0 Å². The minimum atomic E-state index is -3.04. The van der Waals surface area contributed by atoms with Crippen LogP contribution in [0, 0.1) is 5.92 Å². The minimum absolute atomic E-state index is 0.0374. The van der Waals surface area contributed by atoms with E-state index in [1.165, 1.54) is 6.92 Å². The number of aliphatic hydroxyl groups is 10. The average molecular weight is 637 g/mol. The first-order chi connectivity index (χ1) is 19.7. The third kappa shape index (κ3) is 7.18. The molecule has 0 aromatic heterocycles. The molecule has 3 saturated heterocycles. The first-order valence-corrected chi connectivity index (χ1v) is 13.8. The monoisotopic (exact) mass is 636 g/mol. The Morgan fingerprint density at radius 3 is 2.31 bits per heavy atom. The Morgan fingerprint density at radius 2 is 1.74 bits per heavy atom. The van der Waals surface area contributed by atoms with Gasteiger partial charge in [0.15, 0.2) is 12.6 Å². The molecule has 246 valence electrons. The zero-order chi connectivity index (χ0) is 31.6. The smallest absolute Gasteiger partial charge is 0.364 e. The van der Waals surface area contributed by atoms with Gasteiger partial charge in [0.1, 0.15) is 55.4 Å². The molecule has 19 heteroatoms. The van der Waals surface area contributed by atoms with E-state index in [4.69, 9.17) is 28.4 Å². The molecule has 3 rings (SSSR count). The number of hydrogen-bond acceptors (Lipinski definition) is 18. The fourth-order valence-corrected chi connectivity index (χ4v) is 5.09. The quantitative estimate of drug-likeness (QED) is 0.0700. The Morgan fingerprint density at radius 1 is 1.07 bits per heavy atom. The summed E-state index contributed by atoms with van der Waals surface area (Å²) in [5, 5.41) is 113. The third-order valence-electron chi connectivity index (χ3n) is 7.52. The number of carbonyl (C=O) groups is 1. The van der Waals surface area contributed by atoms with Crippen LogP contribution in [0.4, 0.5) is 0 Å². The molecular weight excluding hydrogens is 596 g/mol. The van der Waals surface area contributed by atoms with Crippen molar-refractivity contribution in [2.24, 2.45) is 5.92 Å². The molecule has 0 saturated carbocycles. The molecule has 42 heavy (non-hydrogen) atoms. The number of thiol groups is 1. The van der Waals surface area contributed by atoms with Crippen molar-refractivity contribution in [3.05, 3.63) is 0 Å². The second-order valence-corrected chi connectivity index (χ2v) is 10.9. The summed E-state index contributed by atoms with van der Waals surface area (Å²) in [7, 11) is 0. The van der Waals surface area contributed by atoms with Crippen LogP contribution in [0.15, 0.2) is 0 Å². The number of aliphatic hydroxyl groups excluding tert-OH is 9. The van der Waals surface area contributed by atoms with Crippen molar-refractivity contribution in [1.29, 1.82) is 0 Å². The summed E-state index contributed by atoms with van der Waals surface area (Å²) >= 11 is 3.97. The molecule has 15 atom stereocenters. The van der Waals surface area contributed by atoms with E-state index in [0.717, 1.165) is 0 Å². The van der Waals surface area contributed by atoms with Crippen molar-refractivity contribution in [1.82, 2.24) is 0 Å². The molecule has 18 nitrogen and oxygen atoms in total. The van der Waals surface area contributed by atoms with Gasteiger partial charge in [-0.2, -0.15) is 12.6 Å². The fraction of sp³-hybridized carbons (Fsp3) is 0.957. The predicted molar refractivity (Wildman–Crippen MR) is 134 cm³/mol. The van der Waals surface area contributed by atoms with Crippen LogP contribution in [0.3, 0.4) is 0 Å². The maximum absolute atomic E-state index is 12.3. The highest BCUT2D eigenvalue weighted by Gasteiger charge is 2.61. The largest absolute Gasteiger partial charge is 0.477 e. The van der Waals surface area contributed by atoms with E-state index in [1.54, 1.807) is 0 Å².